The number of carbonyl (C=O) groups excluding carboxylic acids is 1. The van der Waals surface area contributed by atoms with Crippen LogP contribution < -0.4 is 10.7 Å². The molecule has 1 saturated carbocycles. The quantitative estimate of drug-likeness (QED) is 0.403. The molecular weight excluding hydrogens is 388 g/mol. The number of ether oxygens (including phenoxy) is 1. The van der Waals surface area contributed by atoms with E-state index in [1.807, 2.05) is 0 Å². The maximum Gasteiger partial charge on any atom is 0.294 e. The summed E-state index contributed by atoms with van der Waals surface area (Å²) < 4.78 is 7.08. The Labute approximate surface area is 174 Å². The van der Waals surface area contributed by atoms with E-state index in [0.717, 1.165) is 12.8 Å². The van der Waals surface area contributed by atoms with Gasteiger partial charge in [0.1, 0.15) is 5.69 Å². The number of amides is 1. The van der Waals surface area contributed by atoms with E-state index >= 15 is 0 Å². The average Bonchev–Trinajstić information content (AvgIpc) is 2.74. The zero-order valence-electron chi connectivity index (χ0n) is 17.0. The molecule has 0 aliphatic heterocycles. The van der Waals surface area contributed by atoms with E-state index in [1.165, 1.54) is 42.1 Å². The zero-order valence-corrected chi connectivity index (χ0v) is 17.0. The fourth-order valence-electron chi connectivity index (χ4n) is 3.59. The third-order valence-electron chi connectivity index (χ3n) is 5.14. The van der Waals surface area contributed by atoms with Gasteiger partial charge in [-0.2, -0.15) is 5.10 Å². The third-order valence-corrected chi connectivity index (χ3v) is 5.14. The van der Waals surface area contributed by atoms with Crippen LogP contribution in [0.25, 0.3) is 5.69 Å². The molecule has 9 heteroatoms. The lowest BCUT2D eigenvalue weighted by atomic mass is 9.98. The van der Waals surface area contributed by atoms with Crippen molar-refractivity contribution in [3.8, 4) is 5.69 Å². The maximum atomic E-state index is 12.5. The SMILES string of the molecule is Cc1cc(=O)c(C(=O)NCCCOC2CCCCC2)nn1-c1ccccc1[N+](=O)[O-]. The highest BCUT2D eigenvalue weighted by molar-refractivity contribution is 5.92. The number of carbonyl (C=O) groups is 1. The molecule has 0 radical (unpaired) electrons. The number of nitro benzene ring substituents is 1. The number of nitrogens with zero attached hydrogens (tertiary/aromatic N) is 3. The van der Waals surface area contributed by atoms with Crippen molar-refractivity contribution in [3.63, 3.8) is 0 Å². The summed E-state index contributed by atoms with van der Waals surface area (Å²) in [5.41, 5.74) is -0.408. The molecule has 0 spiro atoms. The molecule has 1 aliphatic rings. The van der Waals surface area contributed by atoms with Gasteiger partial charge < -0.3 is 10.1 Å². The summed E-state index contributed by atoms with van der Waals surface area (Å²) in [4.78, 5) is 35.6. The number of nitrogens with one attached hydrogen (secondary N) is 1. The van der Waals surface area contributed by atoms with E-state index in [4.69, 9.17) is 4.74 Å². The first-order chi connectivity index (χ1) is 14.5. The van der Waals surface area contributed by atoms with Gasteiger partial charge in [0, 0.05) is 31.0 Å². The van der Waals surface area contributed by atoms with Gasteiger partial charge in [-0.05, 0) is 32.3 Å². The Morgan fingerprint density at radius 3 is 2.77 bits per heavy atom. The van der Waals surface area contributed by atoms with Crippen molar-refractivity contribution in [1.82, 2.24) is 15.1 Å². The highest BCUT2D eigenvalue weighted by Gasteiger charge is 2.20. The number of rotatable bonds is 8. The Hall–Kier alpha value is -3.07. The van der Waals surface area contributed by atoms with E-state index < -0.39 is 16.3 Å². The van der Waals surface area contributed by atoms with Crippen LogP contribution in [-0.2, 0) is 4.74 Å². The summed E-state index contributed by atoms with van der Waals surface area (Å²) in [6, 6.07) is 7.30. The van der Waals surface area contributed by atoms with Crippen LogP contribution in [0, 0.1) is 17.0 Å². The summed E-state index contributed by atoms with van der Waals surface area (Å²) in [5, 5.41) is 18.1. The van der Waals surface area contributed by atoms with Crippen LogP contribution in [0.2, 0.25) is 0 Å². The molecule has 1 aliphatic carbocycles. The Balaban J connectivity index is 1.66. The van der Waals surface area contributed by atoms with Crippen LogP contribution in [0.4, 0.5) is 5.69 Å². The Bertz CT molecular complexity index is 966. The summed E-state index contributed by atoms with van der Waals surface area (Å²) >= 11 is 0. The van der Waals surface area contributed by atoms with Crippen LogP contribution in [-0.4, -0.2) is 39.9 Å². The van der Waals surface area contributed by atoms with E-state index in [-0.39, 0.29) is 17.1 Å². The van der Waals surface area contributed by atoms with Crippen molar-refractivity contribution < 1.29 is 14.5 Å². The first kappa shape index (κ1) is 21.6. The van der Waals surface area contributed by atoms with Gasteiger partial charge in [-0.25, -0.2) is 4.68 Å². The lowest BCUT2D eigenvalue weighted by molar-refractivity contribution is -0.384. The Kier molecular flexibility index (Phi) is 7.29. The number of hydrogen-bond donors (Lipinski definition) is 1. The van der Waals surface area contributed by atoms with Crippen molar-refractivity contribution in [2.24, 2.45) is 0 Å². The lowest BCUT2D eigenvalue weighted by Crippen LogP contribution is -2.33. The second kappa shape index (κ2) is 10.1. The topological polar surface area (TPSA) is 116 Å². The van der Waals surface area contributed by atoms with Crippen LogP contribution in [0.15, 0.2) is 35.1 Å². The van der Waals surface area contributed by atoms with Crippen LogP contribution >= 0.6 is 0 Å². The van der Waals surface area contributed by atoms with Gasteiger partial charge in [0.15, 0.2) is 5.69 Å². The monoisotopic (exact) mass is 414 g/mol. The molecule has 0 atom stereocenters. The molecule has 9 nitrogen and oxygen atoms in total. The van der Waals surface area contributed by atoms with Crippen molar-refractivity contribution in [1.29, 1.82) is 0 Å². The van der Waals surface area contributed by atoms with Crippen LogP contribution in [0.3, 0.4) is 0 Å². The first-order valence-corrected chi connectivity index (χ1v) is 10.2. The van der Waals surface area contributed by atoms with Gasteiger partial charge in [0.05, 0.1) is 11.0 Å². The van der Waals surface area contributed by atoms with Gasteiger partial charge in [-0.15, -0.1) is 0 Å². The number of aryl methyl sites for hydroxylation is 1. The summed E-state index contributed by atoms with van der Waals surface area (Å²) in [7, 11) is 0. The summed E-state index contributed by atoms with van der Waals surface area (Å²) in [6.45, 7) is 2.51. The molecule has 1 amide bonds. The van der Waals surface area contributed by atoms with E-state index in [9.17, 15) is 19.7 Å². The molecule has 1 N–H and O–H groups in total. The molecule has 0 bridgehead atoms. The summed E-state index contributed by atoms with van der Waals surface area (Å²) in [5.74, 6) is -0.606. The minimum absolute atomic E-state index is 0.164. The molecule has 2 aromatic rings. The maximum absolute atomic E-state index is 12.5. The predicted octanol–water partition coefficient (Wildman–Crippen LogP) is 2.92. The normalized spacial score (nSPS) is 14.4. The smallest absolute Gasteiger partial charge is 0.294 e. The van der Waals surface area contributed by atoms with Gasteiger partial charge in [0.25, 0.3) is 11.6 Å². The zero-order chi connectivity index (χ0) is 21.5. The van der Waals surface area contributed by atoms with Gasteiger partial charge in [0.2, 0.25) is 5.43 Å². The van der Waals surface area contributed by atoms with Gasteiger partial charge >= 0.3 is 0 Å². The van der Waals surface area contributed by atoms with Gasteiger partial charge in [-0.3, -0.25) is 19.7 Å². The van der Waals surface area contributed by atoms with Crippen molar-refractivity contribution in [3.05, 3.63) is 62.1 Å². The van der Waals surface area contributed by atoms with Crippen molar-refractivity contribution in [2.75, 3.05) is 13.2 Å². The number of nitro groups is 1. The van der Waals surface area contributed by atoms with Gasteiger partial charge in [-0.1, -0.05) is 31.4 Å². The van der Waals surface area contributed by atoms with E-state index in [1.54, 1.807) is 19.1 Å². The standard InChI is InChI=1S/C21H26N4O5/c1-15-14-19(26)20(23-24(15)17-10-5-6-11-18(17)25(28)29)21(27)22-12-7-13-30-16-8-3-2-4-9-16/h5-6,10-11,14,16H,2-4,7-9,12-13H2,1H3,(H,22,27). The minimum atomic E-state index is -0.606. The molecular formula is C21H26N4O5. The van der Waals surface area contributed by atoms with Crippen molar-refractivity contribution in [2.45, 2.75) is 51.6 Å². The summed E-state index contributed by atoms with van der Waals surface area (Å²) in [6.07, 6.45) is 6.78. The molecule has 0 saturated heterocycles. The first-order valence-electron chi connectivity index (χ1n) is 10.2. The fourth-order valence-corrected chi connectivity index (χ4v) is 3.59. The largest absolute Gasteiger partial charge is 0.378 e. The molecule has 160 valence electrons. The average molecular weight is 414 g/mol. The lowest BCUT2D eigenvalue weighted by Gasteiger charge is -2.21. The third kappa shape index (κ3) is 5.29. The minimum Gasteiger partial charge on any atom is -0.378 e. The second-order valence-electron chi connectivity index (χ2n) is 7.40. The Morgan fingerprint density at radius 2 is 2.03 bits per heavy atom. The molecule has 1 aromatic heterocycles. The predicted molar refractivity (Wildman–Crippen MR) is 111 cm³/mol. The fraction of sp³-hybridized carbons (Fsp3) is 0.476. The number of hydrogen-bond acceptors (Lipinski definition) is 6. The molecule has 1 heterocycles. The molecule has 1 aromatic carbocycles. The number of benzene rings is 1. The number of aromatic nitrogens is 2. The highest BCUT2D eigenvalue weighted by atomic mass is 16.6. The highest BCUT2D eigenvalue weighted by Crippen LogP contribution is 2.22. The molecule has 3 rings (SSSR count). The second-order valence-corrected chi connectivity index (χ2v) is 7.40. The van der Waals surface area contributed by atoms with E-state index in [2.05, 4.69) is 10.4 Å². The molecule has 30 heavy (non-hydrogen) atoms. The van der Waals surface area contributed by atoms with E-state index in [0.29, 0.717) is 31.4 Å². The van der Waals surface area contributed by atoms with Crippen LogP contribution in [0.1, 0.15) is 54.7 Å². The Morgan fingerprint density at radius 1 is 1.30 bits per heavy atom. The van der Waals surface area contributed by atoms with Crippen molar-refractivity contribution >= 4 is 11.6 Å². The molecule has 1 fully saturated rings. The number of para-hydroxylation sites is 2. The molecule has 0 unspecified atom stereocenters. The van der Waals surface area contributed by atoms with Crippen LogP contribution in [0.5, 0.6) is 0 Å².